The fraction of sp³-hybridized carbons (Fsp3) is 0.458. The van der Waals surface area contributed by atoms with Gasteiger partial charge in [-0.1, -0.05) is 189 Å². The molecule has 6 rings (SSSR count). The summed E-state index contributed by atoms with van der Waals surface area (Å²) < 4.78 is 0. The van der Waals surface area contributed by atoms with E-state index in [-0.39, 0.29) is 30.9 Å². The van der Waals surface area contributed by atoms with Gasteiger partial charge in [-0.3, -0.25) is 0 Å². The molecule has 0 unspecified atom stereocenters. The number of fused-ring (bicyclic) bond motifs is 3. The first-order chi connectivity index (χ1) is 25.2. The first kappa shape index (κ1) is 40.7. The van der Waals surface area contributed by atoms with E-state index in [1.807, 2.05) is 24.4 Å². The van der Waals surface area contributed by atoms with Crippen molar-refractivity contribution in [2.75, 3.05) is 0 Å². The minimum atomic E-state index is -0.221. The van der Waals surface area contributed by atoms with Gasteiger partial charge in [0.1, 0.15) is 5.82 Å². The van der Waals surface area contributed by atoms with Crippen LogP contribution in [-0.2, 0) is 30.9 Å². The van der Waals surface area contributed by atoms with Gasteiger partial charge in [-0.15, -0.1) is 29.3 Å². The van der Waals surface area contributed by atoms with Crippen molar-refractivity contribution in [1.82, 2.24) is 19.9 Å². The van der Waals surface area contributed by atoms with Crippen molar-refractivity contribution < 1.29 is 20.1 Å². The van der Waals surface area contributed by atoms with Crippen molar-refractivity contribution >= 4 is 0 Å². The molecule has 2 heterocycles. The first-order valence-corrected chi connectivity index (χ1v) is 20.2. The molecule has 0 bridgehead atoms. The third kappa shape index (κ3) is 9.59. The van der Waals surface area contributed by atoms with E-state index in [1.54, 1.807) is 0 Å². The maximum Gasteiger partial charge on any atom is 0.165 e. The Balaban J connectivity index is 0.00000541. The number of nitrogens with zero attached hydrogens (tertiary/aromatic N) is 4. The van der Waals surface area contributed by atoms with Gasteiger partial charge in [-0.05, 0) is 31.0 Å². The van der Waals surface area contributed by atoms with Crippen LogP contribution in [0, 0.1) is 13.0 Å². The molecule has 1 aliphatic carbocycles. The van der Waals surface area contributed by atoms with Crippen molar-refractivity contribution in [2.45, 2.75) is 142 Å². The van der Waals surface area contributed by atoms with Crippen molar-refractivity contribution in [3.05, 3.63) is 108 Å². The number of aryl methyl sites for hydroxylation is 1. The van der Waals surface area contributed by atoms with E-state index in [0.29, 0.717) is 11.6 Å². The van der Waals surface area contributed by atoms with Crippen molar-refractivity contribution in [1.29, 1.82) is 0 Å². The van der Waals surface area contributed by atoms with Gasteiger partial charge < -0.3 is 4.98 Å². The zero-order valence-electron chi connectivity index (χ0n) is 33.0. The maximum absolute atomic E-state index is 5.03. The summed E-state index contributed by atoms with van der Waals surface area (Å²) in [5, 5.41) is 0. The van der Waals surface area contributed by atoms with Crippen LogP contribution in [0.4, 0.5) is 0 Å². The third-order valence-electron chi connectivity index (χ3n) is 11.0. The van der Waals surface area contributed by atoms with Gasteiger partial charge in [0.25, 0.3) is 0 Å². The molecule has 0 amide bonds. The number of rotatable bonds is 17. The smallest absolute Gasteiger partial charge is 0.165 e. The Morgan fingerprint density at radius 1 is 0.623 bits per heavy atom. The number of aromatic nitrogens is 4. The van der Waals surface area contributed by atoms with E-state index in [2.05, 4.69) is 102 Å². The summed E-state index contributed by atoms with van der Waals surface area (Å²) in [7, 11) is 0. The van der Waals surface area contributed by atoms with Crippen molar-refractivity contribution in [3.8, 4) is 45.2 Å². The summed E-state index contributed by atoms with van der Waals surface area (Å²) in [5.74, 6) is 2.11. The summed E-state index contributed by atoms with van der Waals surface area (Å²) in [6, 6.07) is 29.9. The number of benzene rings is 3. The fourth-order valence-electron chi connectivity index (χ4n) is 8.01. The number of unbranched alkanes of at least 4 members (excludes halogenated alkanes) is 10. The molecule has 0 saturated heterocycles. The molecule has 0 saturated carbocycles. The predicted octanol–water partition coefficient (Wildman–Crippen LogP) is 13.4. The van der Waals surface area contributed by atoms with E-state index >= 15 is 0 Å². The van der Waals surface area contributed by atoms with Gasteiger partial charge in [0.2, 0.25) is 0 Å². The fourth-order valence-corrected chi connectivity index (χ4v) is 8.01. The minimum absolute atomic E-state index is 0. The SMILES string of the molecule is CCCCCCCCC1(CCCCCCCC)c2cc(-c3ccc(-c4nc(-c5ccccc5)nc(C(C)(C)C)n4)cn3)[c-]cc2-c2ccc(C)cc21.[Ir]. The van der Waals surface area contributed by atoms with Crippen LogP contribution >= 0.6 is 0 Å². The summed E-state index contributed by atoms with van der Waals surface area (Å²) in [4.78, 5) is 19.8. The van der Waals surface area contributed by atoms with Gasteiger partial charge in [-0.25, -0.2) is 15.0 Å². The molecule has 4 nitrogen and oxygen atoms in total. The van der Waals surface area contributed by atoms with Gasteiger partial charge in [0.15, 0.2) is 11.6 Å². The Morgan fingerprint density at radius 3 is 1.83 bits per heavy atom. The molecule has 5 heteroatoms. The van der Waals surface area contributed by atoms with E-state index in [4.69, 9.17) is 19.9 Å². The average Bonchev–Trinajstić information content (AvgIpc) is 3.42. The Hall–Kier alpha value is -3.53. The molecule has 5 aromatic rings. The zero-order chi connectivity index (χ0) is 36.6. The van der Waals surface area contributed by atoms with Crippen LogP contribution in [0.5, 0.6) is 0 Å². The summed E-state index contributed by atoms with van der Waals surface area (Å²) in [5.41, 5.74) is 10.8. The summed E-state index contributed by atoms with van der Waals surface area (Å²) in [6.07, 6.45) is 20.1. The molecule has 2 aromatic heterocycles. The Morgan fingerprint density at radius 2 is 1.23 bits per heavy atom. The van der Waals surface area contributed by atoms with E-state index < -0.39 is 0 Å². The van der Waals surface area contributed by atoms with E-state index in [1.165, 1.54) is 118 Å². The van der Waals surface area contributed by atoms with Gasteiger partial charge in [-0.2, -0.15) is 0 Å². The summed E-state index contributed by atoms with van der Waals surface area (Å²) in [6.45, 7) is 13.3. The largest absolute Gasteiger partial charge is 0.304 e. The van der Waals surface area contributed by atoms with Gasteiger partial charge in [0.05, 0.1) is 0 Å². The molecule has 1 aliphatic rings. The predicted molar refractivity (Wildman–Crippen MR) is 218 cm³/mol. The Kier molecular flexibility index (Phi) is 14.3. The van der Waals surface area contributed by atoms with E-state index in [9.17, 15) is 0 Å². The Bertz CT molecular complexity index is 1890. The second kappa shape index (κ2) is 18.7. The molecule has 0 aliphatic heterocycles. The van der Waals surface area contributed by atoms with Gasteiger partial charge >= 0.3 is 0 Å². The standard InChI is InChI=1S/C48H59N4.Ir/c1-7-9-11-13-15-20-30-48(31-21-16-14-12-10-8-2)41-32-35(3)24-27-39(41)40-28-25-37(33-42(40)48)43-29-26-38(34-49-43)45-50-44(36-22-18-17-19-23-36)51-46(52-45)47(4,5)6;/h17-19,22-24,26-29,32-34H,7-16,20-21,30-31H2,1-6H3;/q-1;. The van der Waals surface area contributed by atoms with Gasteiger partial charge in [0, 0.05) is 48.3 Å². The van der Waals surface area contributed by atoms with Crippen molar-refractivity contribution in [2.24, 2.45) is 0 Å². The Labute approximate surface area is 333 Å². The monoisotopic (exact) mass is 884 g/mol. The molecule has 53 heavy (non-hydrogen) atoms. The van der Waals surface area contributed by atoms with Crippen LogP contribution in [0.2, 0.25) is 0 Å². The molecule has 0 N–H and O–H groups in total. The topological polar surface area (TPSA) is 51.6 Å². The normalized spacial score (nSPS) is 13.0. The second-order valence-corrected chi connectivity index (χ2v) is 16.2. The number of hydrogen-bond donors (Lipinski definition) is 0. The maximum atomic E-state index is 5.03. The van der Waals surface area contributed by atoms with Crippen LogP contribution in [0.15, 0.2) is 79.0 Å². The molecular weight excluding hydrogens is 825 g/mol. The molecule has 0 spiro atoms. The van der Waals surface area contributed by atoms with Crippen LogP contribution in [0.25, 0.3) is 45.2 Å². The van der Waals surface area contributed by atoms with Crippen molar-refractivity contribution in [3.63, 3.8) is 0 Å². The quantitative estimate of drug-likeness (QED) is 0.0690. The van der Waals surface area contributed by atoms with Crippen LogP contribution in [0.3, 0.4) is 0 Å². The molecule has 1 radical (unpaired) electrons. The summed E-state index contributed by atoms with van der Waals surface area (Å²) >= 11 is 0. The average molecular weight is 884 g/mol. The first-order valence-electron chi connectivity index (χ1n) is 20.2. The molecule has 0 atom stereocenters. The molecular formula is C48H59IrN4-. The zero-order valence-corrected chi connectivity index (χ0v) is 35.4. The second-order valence-electron chi connectivity index (χ2n) is 16.2. The molecule has 281 valence electrons. The molecule has 0 fully saturated rings. The number of pyridine rings is 1. The third-order valence-corrected chi connectivity index (χ3v) is 11.0. The van der Waals surface area contributed by atoms with Crippen LogP contribution < -0.4 is 0 Å². The van der Waals surface area contributed by atoms with E-state index in [0.717, 1.165) is 28.2 Å². The van der Waals surface area contributed by atoms with Crippen LogP contribution in [0.1, 0.15) is 147 Å². The molecule has 3 aromatic carbocycles. The van der Waals surface area contributed by atoms with Crippen LogP contribution in [-0.4, -0.2) is 19.9 Å². The minimum Gasteiger partial charge on any atom is -0.304 e. The number of hydrogen-bond acceptors (Lipinski definition) is 4.